The van der Waals surface area contributed by atoms with Crippen LogP contribution in [0, 0.1) is 5.41 Å². The molecule has 0 aromatic carbocycles. The molecule has 0 bridgehead atoms. The van der Waals surface area contributed by atoms with Crippen LogP contribution in [-0.4, -0.2) is 20.3 Å². The van der Waals surface area contributed by atoms with Crippen LogP contribution < -0.4 is 0 Å². The second-order valence-corrected chi connectivity index (χ2v) is 6.25. The molecule has 2 nitrogen and oxygen atoms in total. The summed E-state index contributed by atoms with van der Waals surface area (Å²) in [5, 5.41) is 0. The Bertz CT molecular complexity index is 291. The third kappa shape index (κ3) is 4.17. The van der Waals surface area contributed by atoms with Gasteiger partial charge in [-0.2, -0.15) is 13.2 Å². The Kier molecular flexibility index (Phi) is 2.58. The lowest BCUT2D eigenvalue weighted by atomic mass is 10.1. The van der Waals surface area contributed by atoms with Crippen molar-refractivity contribution in [1.82, 2.24) is 0 Å². The molecule has 7 heteroatoms. The average molecular weight is 237 g/mol. The van der Waals surface area contributed by atoms with Gasteiger partial charge in [-0.05, 0) is 18.3 Å². The fourth-order valence-electron chi connectivity index (χ4n) is 1.34. The summed E-state index contributed by atoms with van der Waals surface area (Å²) in [6, 6.07) is 0. The zero-order chi connectivity index (χ0) is 10.3. The first-order valence-electron chi connectivity index (χ1n) is 3.61. The molecule has 0 unspecified atom stereocenters. The highest BCUT2D eigenvalue weighted by Gasteiger charge is 2.52. The summed E-state index contributed by atoms with van der Waals surface area (Å²) in [7, 11) is 1.07. The van der Waals surface area contributed by atoms with E-state index in [0.717, 1.165) is 0 Å². The van der Waals surface area contributed by atoms with Crippen LogP contribution in [0.5, 0.6) is 0 Å². The lowest BCUT2D eigenvalue weighted by Crippen LogP contribution is -2.21. The van der Waals surface area contributed by atoms with Gasteiger partial charge in [-0.25, -0.2) is 8.42 Å². The number of hydrogen-bond acceptors (Lipinski definition) is 2. The highest BCUT2D eigenvalue weighted by molar-refractivity contribution is 8.13. The van der Waals surface area contributed by atoms with Gasteiger partial charge in [-0.3, -0.25) is 0 Å². The van der Waals surface area contributed by atoms with Crippen LogP contribution in [0.15, 0.2) is 0 Å². The van der Waals surface area contributed by atoms with Gasteiger partial charge in [0.2, 0.25) is 9.05 Å². The first-order valence-corrected chi connectivity index (χ1v) is 6.09. The highest BCUT2D eigenvalue weighted by Crippen LogP contribution is 2.54. The topological polar surface area (TPSA) is 34.1 Å². The molecule has 1 aliphatic carbocycles. The van der Waals surface area contributed by atoms with E-state index in [2.05, 4.69) is 0 Å². The number of rotatable bonds is 3. The number of alkyl halides is 3. The molecule has 0 heterocycles. The maximum atomic E-state index is 11.9. The molecule has 78 valence electrons. The predicted molar refractivity (Wildman–Crippen MR) is 42.0 cm³/mol. The Morgan fingerprint density at radius 3 is 2.00 bits per heavy atom. The third-order valence-corrected chi connectivity index (χ3v) is 3.30. The van der Waals surface area contributed by atoms with Crippen molar-refractivity contribution in [3.8, 4) is 0 Å². The molecule has 1 rings (SSSR count). The minimum atomic E-state index is -4.31. The molecular formula is C6H8ClF3O2S. The molecule has 1 fully saturated rings. The molecule has 0 atom stereocenters. The zero-order valence-electron chi connectivity index (χ0n) is 6.57. The average Bonchev–Trinajstić information content (AvgIpc) is 2.36. The largest absolute Gasteiger partial charge is 0.389 e. The van der Waals surface area contributed by atoms with Crippen molar-refractivity contribution >= 4 is 19.7 Å². The quantitative estimate of drug-likeness (QED) is 0.705. The van der Waals surface area contributed by atoms with Gasteiger partial charge in [0, 0.05) is 10.7 Å². The molecular weight excluding hydrogens is 229 g/mol. The zero-order valence-corrected chi connectivity index (χ0v) is 8.14. The normalized spacial score (nSPS) is 21.5. The lowest BCUT2D eigenvalue weighted by molar-refractivity contribution is -0.145. The van der Waals surface area contributed by atoms with E-state index in [1.165, 1.54) is 0 Å². The second-order valence-electron chi connectivity index (χ2n) is 3.48. The van der Waals surface area contributed by atoms with Crippen LogP contribution in [0.3, 0.4) is 0 Å². The van der Waals surface area contributed by atoms with Gasteiger partial charge in [0.05, 0.1) is 12.2 Å². The lowest BCUT2D eigenvalue weighted by Gasteiger charge is -2.14. The molecule has 0 aromatic rings. The molecule has 0 aromatic heterocycles. The van der Waals surface area contributed by atoms with Crippen molar-refractivity contribution in [3.63, 3.8) is 0 Å². The summed E-state index contributed by atoms with van der Waals surface area (Å²) >= 11 is 0. The minimum Gasteiger partial charge on any atom is -0.212 e. The molecule has 0 radical (unpaired) electrons. The molecule has 1 aliphatic rings. The van der Waals surface area contributed by atoms with Crippen LogP contribution in [0.1, 0.15) is 19.3 Å². The summed E-state index contributed by atoms with van der Waals surface area (Å²) in [6.45, 7) is 0. The van der Waals surface area contributed by atoms with E-state index in [9.17, 15) is 21.6 Å². The maximum absolute atomic E-state index is 11.9. The molecule has 0 spiro atoms. The van der Waals surface area contributed by atoms with Crippen LogP contribution >= 0.6 is 10.7 Å². The fraction of sp³-hybridized carbons (Fsp3) is 1.00. The van der Waals surface area contributed by atoms with Crippen LogP contribution in [0.25, 0.3) is 0 Å². The van der Waals surface area contributed by atoms with Crippen molar-refractivity contribution in [2.75, 3.05) is 5.75 Å². The molecule has 0 amide bonds. The first kappa shape index (κ1) is 11.1. The van der Waals surface area contributed by atoms with E-state index in [1.54, 1.807) is 0 Å². The highest BCUT2D eigenvalue weighted by atomic mass is 35.7. The van der Waals surface area contributed by atoms with Gasteiger partial charge < -0.3 is 0 Å². The van der Waals surface area contributed by atoms with Crippen LogP contribution in [0.4, 0.5) is 13.2 Å². The van der Waals surface area contributed by atoms with E-state index >= 15 is 0 Å². The van der Waals surface area contributed by atoms with Crippen LogP contribution in [0.2, 0.25) is 0 Å². The van der Waals surface area contributed by atoms with Gasteiger partial charge in [0.25, 0.3) is 0 Å². The van der Waals surface area contributed by atoms with Gasteiger partial charge in [0.1, 0.15) is 0 Å². The Hall–Kier alpha value is 0.0300. The van der Waals surface area contributed by atoms with Gasteiger partial charge in [0.15, 0.2) is 0 Å². The van der Waals surface area contributed by atoms with Gasteiger partial charge in [-0.1, -0.05) is 0 Å². The Balaban J connectivity index is 2.59. The molecule has 1 saturated carbocycles. The first-order chi connectivity index (χ1) is 5.62. The van der Waals surface area contributed by atoms with Crippen molar-refractivity contribution in [3.05, 3.63) is 0 Å². The number of halogens is 4. The Morgan fingerprint density at radius 2 is 1.77 bits per heavy atom. The Labute approximate surface area is 78.5 Å². The molecule has 0 N–H and O–H groups in total. The number of hydrogen-bond donors (Lipinski definition) is 0. The third-order valence-electron chi connectivity index (χ3n) is 2.01. The molecule has 13 heavy (non-hydrogen) atoms. The van der Waals surface area contributed by atoms with Gasteiger partial charge in [-0.15, -0.1) is 0 Å². The molecule has 0 aliphatic heterocycles. The van der Waals surface area contributed by atoms with E-state index in [4.69, 9.17) is 10.7 Å². The summed E-state index contributed by atoms with van der Waals surface area (Å²) in [4.78, 5) is 0. The Morgan fingerprint density at radius 1 is 1.31 bits per heavy atom. The van der Waals surface area contributed by atoms with Crippen molar-refractivity contribution in [1.29, 1.82) is 0 Å². The predicted octanol–water partition coefficient (Wildman–Crippen LogP) is 2.29. The fourth-order valence-corrected chi connectivity index (χ4v) is 3.16. The SMILES string of the molecule is O=S(=O)(Cl)CC1(CC(F)(F)F)CC1. The monoisotopic (exact) mass is 236 g/mol. The van der Waals surface area contributed by atoms with E-state index in [1.807, 2.05) is 0 Å². The summed E-state index contributed by atoms with van der Waals surface area (Å²) < 4.78 is 56.9. The van der Waals surface area contributed by atoms with Crippen molar-refractivity contribution in [2.24, 2.45) is 5.41 Å². The standard InChI is InChI=1S/C6H8ClF3O2S/c7-13(11,12)4-5(1-2-5)3-6(8,9)10/h1-4H2. The van der Waals surface area contributed by atoms with Crippen molar-refractivity contribution < 1.29 is 21.6 Å². The summed E-state index contributed by atoms with van der Waals surface area (Å²) in [5.41, 5.74) is -1.13. The maximum Gasteiger partial charge on any atom is 0.389 e. The van der Waals surface area contributed by atoms with E-state index in [-0.39, 0.29) is 0 Å². The smallest absolute Gasteiger partial charge is 0.212 e. The summed E-state index contributed by atoms with van der Waals surface area (Å²) in [5.74, 6) is -0.568. The van der Waals surface area contributed by atoms with E-state index < -0.39 is 32.8 Å². The minimum absolute atomic E-state index is 0.290. The van der Waals surface area contributed by atoms with E-state index in [0.29, 0.717) is 12.8 Å². The van der Waals surface area contributed by atoms with Crippen LogP contribution in [-0.2, 0) is 9.05 Å². The second kappa shape index (κ2) is 3.02. The van der Waals surface area contributed by atoms with Crippen molar-refractivity contribution in [2.45, 2.75) is 25.4 Å². The van der Waals surface area contributed by atoms with Gasteiger partial charge >= 0.3 is 6.18 Å². The summed E-state index contributed by atoms with van der Waals surface area (Å²) in [6.07, 6.45) is -4.78. The molecule has 0 saturated heterocycles.